The van der Waals surface area contributed by atoms with E-state index in [-0.39, 0.29) is 17.7 Å². The van der Waals surface area contributed by atoms with E-state index < -0.39 is 0 Å². The number of benzene rings is 3. The Bertz CT molecular complexity index is 4020. The number of nitrogens with zero attached hydrogens (tertiary/aromatic N) is 9. The minimum Gasteiger partial charge on any atom is -0.486 e. The molecule has 0 bridgehead atoms. The Morgan fingerprint density at radius 2 is 0.964 bits per heavy atom. The molecule has 0 unspecified atom stereocenters. The van der Waals surface area contributed by atoms with Crippen LogP contribution in [0.5, 0.6) is 23.0 Å². The van der Waals surface area contributed by atoms with Crippen LogP contribution in [0, 0.1) is 5.92 Å². The molecule has 1 fully saturated rings. The zero-order chi connectivity index (χ0) is 58.1. The summed E-state index contributed by atoms with van der Waals surface area (Å²) < 4.78 is 33.2. The number of rotatable bonds is 18. The predicted octanol–water partition coefficient (Wildman–Crippen LogP) is 10.0. The van der Waals surface area contributed by atoms with Crippen molar-refractivity contribution in [1.82, 2.24) is 43.8 Å². The molecule has 10 aromatic rings. The lowest BCUT2D eigenvalue weighted by atomic mass is 10.2. The minimum absolute atomic E-state index is 0.00866. The van der Waals surface area contributed by atoms with Crippen LogP contribution in [0.4, 0.5) is 69.0 Å². The second-order valence-corrected chi connectivity index (χ2v) is 19.6. The molecule has 13 rings (SSSR count). The maximum Gasteiger partial charge on any atom is 0.224 e. The molecule has 84 heavy (non-hydrogen) atoms. The molecule has 9 heterocycles. The first-order valence-corrected chi connectivity index (χ1v) is 27.7. The van der Waals surface area contributed by atoms with Crippen molar-refractivity contribution in [2.45, 2.75) is 58.8 Å². The second kappa shape index (κ2) is 25.1. The van der Waals surface area contributed by atoms with Gasteiger partial charge < -0.3 is 71.2 Å². The monoisotopic (exact) mass is 1140 g/mol. The van der Waals surface area contributed by atoms with Crippen LogP contribution in [-0.2, 0) is 14.4 Å². The summed E-state index contributed by atoms with van der Waals surface area (Å²) >= 11 is 0. The highest BCUT2D eigenvalue weighted by Crippen LogP contribution is 2.41. The summed E-state index contributed by atoms with van der Waals surface area (Å²) in [6.07, 6.45) is 12.0. The van der Waals surface area contributed by atoms with Gasteiger partial charge in [-0.25, -0.2) is 15.0 Å². The lowest BCUT2D eigenvalue weighted by Gasteiger charge is -2.21. The van der Waals surface area contributed by atoms with Crippen LogP contribution < -0.4 is 66.8 Å². The summed E-state index contributed by atoms with van der Waals surface area (Å²) in [6.45, 7) is 5.81. The fourth-order valence-electron chi connectivity index (χ4n) is 9.37. The van der Waals surface area contributed by atoms with Crippen LogP contribution in [0.25, 0.3) is 27.9 Å². The van der Waals surface area contributed by atoms with Crippen LogP contribution in [0.1, 0.15) is 58.8 Å². The molecule has 0 radical (unpaired) electrons. The average Bonchev–Trinajstić information content (AvgIpc) is 3.59. The Kier molecular flexibility index (Phi) is 16.5. The Morgan fingerprint density at radius 1 is 0.524 bits per heavy atom. The molecule has 2 aliphatic heterocycles. The average molecular weight is 1140 g/mol. The highest BCUT2D eigenvalue weighted by molar-refractivity contribution is 5.97. The fraction of sp³-hybridized carbons (Fsp3) is 0.293. The largest absolute Gasteiger partial charge is 0.486 e. The molecule has 26 nitrogen and oxygen atoms in total. The Hall–Kier alpha value is -10.5. The lowest BCUT2D eigenvalue weighted by Crippen LogP contribution is -2.16. The Labute approximate surface area is 481 Å². The van der Waals surface area contributed by atoms with Crippen molar-refractivity contribution < 1.29 is 37.7 Å². The predicted molar refractivity (Wildman–Crippen MR) is 322 cm³/mol. The van der Waals surface area contributed by atoms with Crippen molar-refractivity contribution >= 4 is 115 Å². The number of hydrogen-bond donors (Lipinski definition) is 9. The molecule has 26 heteroatoms. The third-order valence-electron chi connectivity index (χ3n) is 13.7. The number of aromatic nitrogens is 9. The zero-order valence-corrected chi connectivity index (χ0v) is 47.0. The van der Waals surface area contributed by atoms with Gasteiger partial charge in [0.15, 0.2) is 39.9 Å². The molecule has 434 valence electrons. The van der Waals surface area contributed by atoms with Gasteiger partial charge in [0.2, 0.25) is 17.7 Å². The first-order valence-electron chi connectivity index (χ1n) is 27.7. The number of hydrogen-bond acceptors (Lipinski definition) is 20. The summed E-state index contributed by atoms with van der Waals surface area (Å²) in [5.41, 5.74) is 6.58. The van der Waals surface area contributed by atoms with Gasteiger partial charge in [0, 0.05) is 64.0 Å². The van der Waals surface area contributed by atoms with Gasteiger partial charge in [-0.15, -0.1) is 0 Å². The van der Waals surface area contributed by atoms with Crippen LogP contribution in [0.15, 0.2) is 108 Å². The fourth-order valence-corrected chi connectivity index (χ4v) is 9.37. The third-order valence-corrected chi connectivity index (χ3v) is 13.7. The second-order valence-electron chi connectivity index (χ2n) is 19.6. The molecule has 1 saturated carbocycles. The SMILES string of the molecule is CCC(=O)Nc1cnn2c(NC)cc(Nc3cccc4occc34)nc12.CCCC(=O)Nc1cnn2c(NC)cc(Nc3cccc4c3OCCO4)nc12.CNc1cc(Nc2cccc3c2OCCO3)nc2c(NC(=O)CCC3CC3)cnn12. The molecule has 9 N–H and O–H groups in total. The van der Waals surface area contributed by atoms with Gasteiger partial charge >= 0.3 is 0 Å². The zero-order valence-electron chi connectivity index (χ0n) is 47.0. The van der Waals surface area contributed by atoms with E-state index in [2.05, 4.69) is 78.1 Å². The Balaban J connectivity index is 0.000000132. The number of amides is 3. The van der Waals surface area contributed by atoms with Crippen molar-refractivity contribution in [1.29, 1.82) is 0 Å². The van der Waals surface area contributed by atoms with E-state index in [9.17, 15) is 14.4 Å². The highest BCUT2D eigenvalue weighted by atomic mass is 16.6. The number of ether oxygens (including phenoxy) is 4. The normalized spacial score (nSPS) is 13.0. The first-order chi connectivity index (χ1) is 41.1. The van der Waals surface area contributed by atoms with Crippen LogP contribution in [0.2, 0.25) is 0 Å². The standard InChI is InChI=1S/C21H24N6O3.C19H22N6O3.C18H18N6O2/c1-22-18-11-17(24-14-3-2-4-16-20(14)30-10-9-29-16)26-21-15(12-23-27(18)21)25-19(28)8-7-13-5-6-13;1-3-5-17(26)23-13-11-21-25-16(20-2)10-15(24-19(13)25)22-12-6-4-7-14-18(12)28-9-8-27-14;1-3-17(25)22-13-10-20-24-16(19-2)9-15(23-18(13)24)21-12-5-4-6-14-11(12)7-8-26-14/h2-4,11-13,22H,5-10H2,1H3,(H,24,26)(H,25,28);4,6-7,10-11,20H,3,5,8-9H2,1-2H3,(H,22,24)(H,23,26);4-10,19H,3H2,1-2H3,(H,21,23)(H,22,25). The maximum atomic E-state index is 12.3. The minimum atomic E-state index is -0.0887. The molecular formula is C58H64N18O8. The number of fused-ring (bicyclic) bond motifs is 6. The van der Waals surface area contributed by atoms with Gasteiger partial charge in [-0.1, -0.05) is 44.9 Å². The summed E-state index contributed by atoms with van der Waals surface area (Å²) in [5, 5.41) is 41.9. The molecule has 3 aromatic carbocycles. The van der Waals surface area contributed by atoms with Crippen molar-refractivity contribution in [3.8, 4) is 23.0 Å². The maximum absolute atomic E-state index is 12.3. The first kappa shape index (κ1) is 55.4. The summed E-state index contributed by atoms with van der Waals surface area (Å²) in [6, 6.07) is 24.6. The summed E-state index contributed by atoms with van der Waals surface area (Å²) in [5.74, 6) is 7.31. The number of para-hydroxylation sites is 2. The van der Waals surface area contributed by atoms with Crippen LogP contribution in [-0.4, -0.2) is 109 Å². The van der Waals surface area contributed by atoms with Crippen molar-refractivity contribution in [2.24, 2.45) is 5.92 Å². The van der Waals surface area contributed by atoms with E-state index in [0.29, 0.717) is 126 Å². The molecular weight excluding hydrogens is 1080 g/mol. The van der Waals surface area contributed by atoms with Crippen molar-refractivity contribution in [3.63, 3.8) is 0 Å². The molecule has 3 aliphatic rings. The van der Waals surface area contributed by atoms with E-state index >= 15 is 0 Å². The third kappa shape index (κ3) is 12.4. The van der Waals surface area contributed by atoms with Gasteiger partial charge in [-0.05, 0) is 61.2 Å². The van der Waals surface area contributed by atoms with Gasteiger partial charge in [0.05, 0.1) is 41.9 Å². The molecule has 7 aromatic heterocycles. The van der Waals surface area contributed by atoms with E-state index in [1.165, 1.54) is 12.8 Å². The quantitative estimate of drug-likeness (QED) is 0.0386. The van der Waals surface area contributed by atoms with E-state index in [0.717, 1.165) is 58.3 Å². The Morgan fingerprint density at radius 3 is 1.43 bits per heavy atom. The van der Waals surface area contributed by atoms with E-state index in [1.807, 2.05) is 92.8 Å². The van der Waals surface area contributed by atoms with Gasteiger partial charge in [-0.3, -0.25) is 14.4 Å². The summed E-state index contributed by atoms with van der Waals surface area (Å²) in [4.78, 5) is 50.0. The van der Waals surface area contributed by atoms with Crippen LogP contribution in [0.3, 0.4) is 0 Å². The van der Waals surface area contributed by atoms with Crippen molar-refractivity contribution in [2.75, 3.05) is 95.4 Å². The molecule has 1 aliphatic carbocycles. The summed E-state index contributed by atoms with van der Waals surface area (Å²) in [7, 11) is 5.42. The molecule has 0 saturated heterocycles. The van der Waals surface area contributed by atoms with Crippen LogP contribution >= 0.6 is 0 Å². The smallest absolute Gasteiger partial charge is 0.224 e. The topological polar surface area (TPSA) is 300 Å². The number of carbonyl (C=O) groups excluding carboxylic acids is 3. The van der Waals surface area contributed by atoms with E-state index in [1.54, 1.807) is 59.4 Å². The number of nitrogens with one attached hydrogen (secondary N) is 9. The number of anilines is 12. The van der Waals surface area contributed by atoms with Crippen molar-refractivity contribution in [3.05, 3.63) is 104 Å². The molecule has 0 spiro atoms. The molecule has 0 atom stereocenters. The highest BCUT2D eigenvalue weighted by Gasteiger charge is 2.24. The van der Waals surface area contributed by atoms with Gasteiger partial charge in [0.25, 0.3) is 0 Å². The molecule has 3 amide bonds. The van der Waals surface area contributed by atoms with Gasteiger partial charge in [0.1, 0.15) is 84.0 Å². The number of furan rings is 1. The lowest BCUT2D eigenvalue weighted by molar-refractivity contribution is -0.117. The number of carbonyl (C=O) groups is 3. The van der Waals surface area contributed by atoms with E-state index in [4.69, 9.17) is 23.4 Å². The van der Waals surface area contributed by atoms with Gasteiger partial charge in [-0.2, -0.15) is 28.8 Å².